The minimum absolute atomic E-state index is 0.119. The van der Waals surface area contributed by atoms with Gasteiger partial charge in [0.05, 0.1) is 5.60 Å². The van der Waals surface area contributed by atoms with E-state index in [9.17, 15) is 9.59 Å². The monoisotopic (exact) mass is 260 g/mol. The van der Waals surface area contributed by atoms with Crippen molar-refractivity contribution < 1.29 is 19.4 Å². The highest BCUT2D eigenvalue weighted by molar-refractivity contribution is 5.80. The third kappa shape index (κ3) is 5.86. The maximum Gasteiger partial charge on any atom is 0.323 e. The highest BCUT2D eigenvalue weighted by atomic mass is 16.5. The van der Waals surface area contributed by atoms with Gasteiger partial charge in [0.1, 0.15) is 6.54 Å². The van der Waals surface area contributed by atoms with Gasteiger partial charge in [0.2, 0.25) is 0 Å². The van der Waals surface area contributed by atoms with E-state index >= 15 is 0 Å². The zero-order valence-electron chi connectivity index (χ0n) is 11.8. The highest BCUT2D eigenvalue weighted by Crippen LogP contribution is 2.07. The van der Waals surface area contributed by atoms with E-state index in [1.165, 1.54) is 4.90 Å². The average molecular weight is 260 g/mol. The molecule has 0 aliphatic heterocycles. The molecular formula is C12H24N2O4. The lowest BCUT2D eigenvalue weighted by Crippen LogP contribution is -2.50. The summed E-state index contributed by atoms with van der Waals surface area (Å²) in [6.45, 7) is 7.45. The second kappa shape index (κ2) is 7.20. The lowest BCUT2D eigenvalue weighted by atomic mass is 10.1. The Bertz CT molecular complexity index is 292. The van der Waals surface area contributed by atoms with Crippen LogP contribution in [0.25, 0.3) is 0 Å². The highest BCUT2D eigenvalue weighted by Gasteiger charge is 2.24. The van der Waals surface area contributed by atoms with E-state index in [4.69, 9.17) is 9.84 Å². The van der Waals surface area contributed by atoms with E-state index in [-0.39, 0.29) is 18.6 Å². The lowest BCUT2D eigenvalue weighted by molar-refractivity contribution is -0.138. The van der Waals surface area contributed by atoms with Crippen molar-refractivity contribution in [3.63, 3.8) is 0 Å². The summed E-state index contributed by atoms with van der Waals surface area (Å²) in [6, 6.07) is -0.497. The molecule has 1 atom stereocenters. The van der Waals surface area contributed by atoms with Crippen LogP contribution < -0.4 is 5.32 Å². The van der Waals surface area contributed by atoms with Crippen molar-refractivity contribution in [2.45, 2.75) is 45.8 Å². The third-order valence-corrected chi connectivity index (χ3v) is 2.91. The van der Waals surface area contributed by atoms with E-state index in [2.05, 4.69) is 5.32 Å². The van der Waals surface area contributed by atoms with Gasteiger partial charge < -0.3 is 20.1 Å². The first kappa shape index (κ1) is 16.7. The third-order valence-electron chi connectivity index (χ3n) is 2.91. The Balaban J connectivity index is 4.52. The summed E-state index contributed by atoms with van der Waals surface area (Å²) in [5.74, 6) is -1.02. The lowest BCUT2D eigenvalue weighted by Gasteiger charge is -2.29. The second-order valence-electron chi connectivity index (χ2n) is 4.90. The van der Waals surface area contributed by atoms with Crippen LogP contribution in [0.5, 0.6) is 0 Å². The summed E-state index contributed by atoms with van der Waals surface area (Å²) in [5.41, 5.74) is -0.472. The fourth-order valence-corrected chi connectivity index (χ4v) is 1.26. The average Bonchev–Trinajstić information content (AvgIpc) is 2.32. The largest absolute Gasteiger partial charge is 0.480 e. The van der Waals surface area contributed by atoms with Crippen LogP contribution in [0.3, 0.4) is 0 Å². The molecule has 6 heteroatoms. The molecule has 0 rings (SSSR count). The number of nitrogens with one attached hydrogen (secondary N) is 1. The van der Waals surface area contributed by atoms with Gasteiger partial charge in [-0.3, -0.25) is 4.79 Å². The molecule has 0 aliphatic carbocycles. The minimum atomic E-state index is -1.02. The Morgan fingerprint density at radius 3 is 2.39 bits per heavy atom. The number of carbonyl (C=O) groups excluding carboxylic acids is 1. The van der Waals surface area contributed by atoms with Gasteiger partial charge in [-0.15, -0.1) is 0 Å². The molecule has 6 nitrogen and oxygen atoms in total. The number of carbonyl (C=O) groups is 2. The number of amides is 2. The Hall–Kier alpha value is -1.30. The quantitative estimate of drug-likeness (QED) is 0.723. The van der Waals surface area contributed by atoms with Crippen molar-refractivity contribution in [1.82, 2.24) is 10.2 Å². The van der Waals surface area contributed by atoms with Gasteiger partial charge in [0.15, 0.2) is 0 Å². The van der Waals surface area contributed by atoms with Crippen molar-refractivity contribution in [3.8, 4) is 0 Å². The van der Waals surface area contributed by atoms with E-state index in [1.54, 1.807) is 7.11 Å². The molecule has 0 aromatic heterocycles. The molecule has 18 heavy (non-hydrogen) atoms. The fraction of sp³-hybridized carbons (Fsp3) is 0.833. The Morgan fingerprint density at radius 1 is 1.44 bits per heavy atom. The molecule has 0 radical (unpaired) electrons. The topological polar surface area (TPSA) is 78.9 Å². The number of carboxylic acid groups (broad SMARTS) is 1. The van der Waals surface area contributed by atoms with Crippen molar-refractivity contribution >= 4 is 12.0 Å². The van der Waals surface area contributed by atoms with Crippen molar-refractivity contribution in [2.75, 3.05) is 20.2 Å². The van der Waals surface area contributed by atoms with Crippen LogP contribution in [0.15, 0.2) is 0 Å². The SMILES string of the molecule is CCC(C)N(CC(=O)O)C(=O)NCC(C)(C)OC. The Labute approximate surface area is 108 Å². The molecular weight excluding hydrogens is 236 g/mol. The van der Waals surface area contributed by atoms with Crippen LogP contribution in [-0.2, 0) is 9.53 Å². The molecule has 2 amide bonds. The van der Waals surface area contributed by atoms with Crippen LogP contribution in [0.2, 0.25) is 0 Å². The molecule has 2 N–H and O–H groups in total. The number of rotatable bonds is 7. The molecule has 0 saturated heterocycles. The second-order valence-corrected chi connectivity index (χ2v) is 4.90. The first-order valence-corrected chi connectivity index (χ1v) is 6.05. The first-order valence-electron chi connectivity index (χ1n) is 6.05. The summed E-state index contributed by atoms with van der Waals surface area (Å²) in [5, 5.41) is 11.5. The van der Waals surface area contributed by atoms with Crippen molar-refractivity contribution in [1.29, 1.82) is 0 Å². The maximum absolute atomic E-state index is 11.9. The summed E-state index contributed by atoms with van der Waals surface area (Å²) in [6.07, 6.45) is 0.703. The number of urea groups is 1. The Kier molecular flexibility index (Phi) is 6.68. The molecule has 0 fully saturated rings. The molecule has 0 bridgehead atoms. The number of carboxylic acids is 1. The van der Waals surface area contributed by atoms with Gasteiger partial charge in [0.25, 0.3) is 0 Å². The summed E-state index contributed by atoms with van der Waals surface area (Å²) in [7, 11) is 1.57. The number of nitrogens with zero attached hydrogens (tertiary/aromatic N) is 1. The number of ether oxygens (including phenoxy) is 1. The first-order chi connectivity index (χ1) is 8.23. The van der Waals surface area contributed by atoms with Gasteiger partial charge in [-0.1, -0.05) is 6.92 Å². The van der Waals surface area contributed by atoms with Crippen LogP contribution in [0.1, 0.15) is 34.1 Å². The van der Waals surface area contributed by atoms with Crippen LogP contribution in [0.4, 0.5) is 4.79 Å². The standard InChI is InChI=1S/C12H24N2O4/c1-6-9(2)14(7-10(15)16)11(17)13-8-12(3,4)18-5/h9H,6-8H2,1-5H3,(H,13,17)(H,15,16). The maximum atomic E-state index is 11.9. The summed E-state index contributed by atoms with van der Waals surface area (Å²) < 4.78 is 5.19. The molecule has 0 saturated carbocycles. The van der Waals surface area contributed by atoms with Gasteiger partial charge in [-0.25, -0.2) is 4.79 Å². The smallest absolute Gasteiger partial charge is 0.323 e. The zero-order valence-corrected chi connectivity index (χ0v) is 11.8. The van der Waals surface area contributed by atoms with Gasteiger partial charge in [0, 0.05) is 19.7 Å². The number of hydrogen-bond acceptors (Lipinski definition) is 3. The van der Waals surface area contributed by atoms with E-state index in [1.807, 2.05) is 27.7 Å². The molecule has 0 aliphatic rings. The molecule has 0 spiro atoms. The van der Waals surface area contributed by atoms with E-state index < -0.39 is 11.6 Å². The number of aliphatic carboxylic acids is 1. The Morgan fingerprint density at radius 2 is 2.00 bits per heavy atom. The summed E-state index contributed by atoms with van der Waals surface area (Å²) >= 11 is 0. The number of methoxy groups -OCH3 is 1. The van der Waals surface area contributed by atoms with Gasteiger partial charge in [-0.2, -0.15) is 0 Å². The molecule has 106 valence electrons. The van der Waals surface area contributed by atoms with Gasteiger partial charge >= 0.3 is 12.0 Å². The molecule has 1 unspecified atom stereocenters. The van der Waals surface area contributed by atoms with Crippen molar-refractivity contribution in [2.24, 2.45) is 0 Å². The summed E-state index contributed by atoms with van der Waals surface area (Å²) in [4.78, 5) is 24.0. The molecule has 0 aromatic rings. The van der Waals surface area contributed by atoms with E-state index in [0.29, 0.717) is 13.0 Å². The molecule has 0 heterocycles. The van der Waals surface area contributed by atoms with Crippen LogP contribution in [-0.4, -0.2) is 53.8 Å². The van der Waals surface area contributed by atoms with Crippen molar-refractivity contribution in [3.05, 3.63) is 0 Å². The van der Waals surface area contributed by atoms with Gasteiger partial charge in [-0.05, 0) is 27.2 Å². The zero-order chi connectivity index (χ0) is 14.3. The molecule has 0 aromatic carbocycles. The van der Waals surface area contributed by atoms with Crippen LogP contribution in [0, 0.1) is 0 Å². The minimum Gasteiger partial charge on any atom is -0.480 e. The predicted octanol–water partition coefficient (Wildman–Crippen LogP) is 1.31. The normalized spacial score (nSPS) is 12.9. The van der Waals surface area contributed by atoms with E-state index in [0.717, 1.165) is 0 Å². The predicted molar refractivity (Wildman–Crippen MR) is 68.6 cm³/mol. The fourth-order valence-electron chi connectivity index (χ4n) is 1.26. The number of hydrogen-bond donors (Lipinski definition) is 2. The van der Waals surface area contributed by atoms with Crippen LogP contribution >= 0.6 is 0 Å².